The second-order valence-corrected chi connectivity index (χ2v) is 5.72. The molecule has 0 spiro atoms. The molecular weight excluding hydrogens is 228 g/mol. The Balaban J connectivity index is 1.93. The lowest BCUT2D eigenvalue weighted by Gasteiger charge is -2.36. The Kier molecular flexibility index (Phi) is 4.46. The Bertz CT molecular complexity index is 331. The van der Waals surface area contributed by atoms with Crippen LogP contribution in [0.15, 0.2) is 24.4 Å². The zero-order valence-corrected chi connectivity index (χ0v) is 11.6. The van der Waals surface area contributed by atoms with Crippen molar-refractivity contribution >= 4 is 12.6 Å². The lowest BCUT2D eigenvalue weighted by atomic mass is 9.91. The van der Waals surface area contributed by atoms with Gasteiger partial charge in [0.15, 0.2) is 0 Å². The Morgan fingerprint density at radius 3 is 2.53 bits per heavy atom. The first-order valence-electron chi connectivity index (χ1n) is 6.51. The summed E-state index contributed by atoms with van der Waals surface area (Å²) in [6, 6.07) is 6.77. The van der Waals surface area contributed by atoms with E-state index in [1.54, 1.807) is 0 Å². The van der Waals surface area contributed by atoms with Crippen molar-refractivity contribution in [3.63, 3.8) is 0 Å². The summed E-state index contributed by atoms with van der Waals surface area (Å²) in [6.45, 7) is 6.95. The monoisotopic (exact) mass is 250 g/mol. The highest BCUT2D eigenvalue weighted by molar-refractivity contribution is 7.80. The van der Waals surface area contributed by atoms with Gasteiger partial charge in [-0.3, -0.25) is 4.98 Å². The number of thiol groups is 1. The van der Waals surface area contributed by atoms with Crippen LogP contribution in [0.25, 0.3) is 0 Å². The van der Waals surface area contributed by atoms with Gasteiger partial charge in [0.2, 0.25) is 0 Å². The summed E-state index contributed by atoms with van der Waals surface area (Å²) in [5, 5.41) is 0.297. The number of pyridine rings is 1. The summed E-state index contributed by atoms with van der Waals surface area (Å²) < 4.78 is 0. The van der Waals surface area contributed by atoms with Gasteiger partial charge in [-0.25, -0.2) is 0 Å². The first-order valence-corrected chi connectivity index (χ1v) is 7.03. The van der Waals surface area contributed by atoms with Crippen molar-refractivity contribution in [1.82, 2.24) is 9.88 Å². The number of nitrogens with zero attached hydrogens (tertiary/aromatic N) is 2. The van der Waals surface area contributed by atoms with Crippen LogP contribution in [0, 0.1) is 5.92 Å². The zero-order valence-electron chi connectivity index (χ0n) is 10.7. The Labute approximate surface area is 110 Å². The van der Waals surface area contributed by atoms with Crippen LogP contribution in [0.1, 0.15) is 37.6 Å². The summed E-state index contributed by atoms with van der Waals surface area (Å²) in [5.41, 5.74) is 1.12. The lowest BCUT2D eigenvalue weighted by Crippen LogP contribution is -2.39. The third-order valence-corrected chi connectivity index (χ3v) is 4.43. The molecule has 3 heteroatoms. The second-order valence-electron chi connectivity index (χ2n) is 5.17. The Hall–Kier alpha value is -0.540. The standard InChI is InChI=1S/C14H22N2S/c1-11(2)16-9-6-12(7-10-16)14(17)13-5-3-4-8-15-13/h3-5,8,11-12,14,17H,6-7,9-10H2,1-2H3. The summed E-state index contributed by atoms with van der Waals surface area (Å²) in [5.74, 6) is 0.670. The minimum atomic E-state index is 0.297. The topological polar surface area (TPSA) is 16.1 Å². The number of rotatable bonds is 3. The molecule has 2 rings (SSSR count). The number of hydrogen-bond acceptors (Lipinski definition) is 3. The third-order valence-electron chi connectivity index (χ3n) is 3.74. The van der Waals surface area contributed by atoms with E-state index in [1.807, 2.05) is 12.3 Å². The van der Waals surface area contributed by atoms with E-state index < -0.39 is 0 Å². The number of aromatic nitrogens is 1. The van der Waals surface area contributed by atoms with E-state index in [9.17, 15) is 0 Å². The van der Waals surface area contributed by atoms with Crippen LogP contribution in [-0.2, 0) is 0 Å². The Morgan fingerprint density at radius 1 is 1.29 bits per heavy atom. The third kappa shape index (κ3) is 3.23. The molecule has 1 aromatic rings. The quantitative estimate of drug-likeness (QED) is 0.829. The van der Waals surface area contributed by atoms with Gasteiger partial charge in [-0.1, -0.05) is 6.07 Å². The molecular formula is C14H22N2S. The van der Waals surface area contributed by atoms with Gasteiger partial charge in [0, 0.05) is 17.5 Å². The van der Waals surface area contributed by atoms with Gasteiger partial charge >= 0.3 is 0 Å². The molecule has 0 saturated carbocycles. The van der Waals surface area contributed by atoms with Gasteiger partial charge in [-0.2, -0.15) is 12.6 Å². The fourth-order valence-corrected chi connectivity index (χ4v) is 2.99. The smallest absolute Gasteiger partial charge is 0.0533 e. The molecule has 0 aromatic carbocycles. The van der Waals surface area contributed by atoms with Crippen LogP contribution in [0.3, 0.4) is 0 Å². The fourth-order valence-electron chi connectivity index (χ4n) is 2.54. The number of likely N-dealkylation sites (tertiary alicyclic amines) is 1. The van der Waals surface area contributed by atoms with Crippen molar-refractivity contribution in [2.24, 2.45) is 5.92 Å². The molecule has 1 fully saturated rings. The van der Waals surface area contributed by atoms with Gasteiger partial charge in [-0.15, -0.1) is 0 Å². The molecule has 2 heterocycles. The number of piperidine rings is 1. The predicted octanol–water partition coefficient (Wildman–Crippen LogP) is 3.17. The zero-order chi connectivity index (χ0) is 12.3. The molecule has 2 nitrogen and oxygen atoms in total. The van der Waals surface area contributed by atoms with Gasteiger partial charge < -0.3 is 4.90 Å². The second kappa shape index (κ2) is 5.87. The molecule has 0 amide bonds. The van der Waals surface area contributed by atoms with Gasteiger partial charge in [0.05, 0.1) is 5.69 Å². The summed E-state index contributed by atoms with van der Waals surface area (Å²) in [4.78, 5) is 6.97. The first kappa shape index (κ1) is 12.9. The largest absolute Gasteiger partial charge is 0.301 e. The van der Waals surface area contributed by atoms with Crippen LogP contribution in [0.2, 0.25) is 0 Å². The van der Waals surface area contributed by atoms with Gasteiger partial charge in [0.1, 0.15) is 0 Å². The molecule has 1 aliphatic heterocycles. The Morgan fingerprint density at radius 2 is 2.00 bits per heavy atom. The van der Waals surface area contributed by atoms with Crippen LogP contribution in [-0.4, -0.2) is 29.0 Å². The molecule has 0 radical (unpaired) electrons. The van der Waals surface area contributed by atoms with Crippen LogP contribution in [0.5, 0.6) is 0 Å². The molecule has 0 aliphatic carbocycles. The van der Waals surface area contributed by atoms with E-state index in [0.717, 1.165) is 5.69 Å². The molecule has 0 bridgehead atoms. The molecule has 94 valence electrons. The minimum absolute atomic E-state index is 0.297. The average Bonchev–Trinajstić information content (AvgIpc) is 2.39. The van der Waals surface area contributed by atoms with E-state index >= 15 is 0 Å². The van der Waals surface area contributed by atoms with Crippen molar-refractivity contribution in [3.05, 3.63) is 30.1 Å². The van der Waals surface area contributed by atoms with Crippen molar-refractivity contribution in [2.75, 3.05) is 13.1 Å². The van der Waals surface area contributed by atoms with Crippen molar-refractivity contribution < 1.29 is 0 Å². The average molecular weight is 250 g/mol. The summed E-state index contributed by atoms with van der Waals surface area (Å²) >= 11 is 4.76. The molecule has 1 unspecified atom stereocenters. The summed E-state index contributed by atoms with van der Waals surface area (Å²) in [7, 11) is 0. The number of hydrogen-bond donors (Lipinski definition) is 1. The minimum Gasteiger partial charge on any atom is -0.301 e. The fraction of sp³-hybridized carbons (Fsp3) is 0.643. The molecule has 17 heavy (non-hydrogen) atoms. The summed E-state index contributed by atoms with van der Waals surface area (Å²) in [6.07, 6.45) is 4.34. The van der Waals surface area contributed by atoms with Gasteiger partial charge in [-0.05, 0) is 57.8 Å². The van der Waals surface area contributed by atoms with E-state index in [1.165, 1.54) is 25.9 Å². The highest BCUT2D eigenvalue weighted by atomic mass is 32.1. The van der Waals surface area contributed by atoms with Gasteiger partial charge in [0.25, 0.3) is 0 Å². The molecule has 0 N–H and O–H groups in total. The van der Waals surface area contributed by atoms with Crippen molar-refractivity contribution in [1.29, 1.82) is 0 Å². The lowest BCUT2D eigenvalue weighted by molar-refractivity contribution is 0.148. The van der Waals surface area contributed by atoms with E-state index in [-0.39, 0.29) is 0 Å². The maximum absolute atomic E-state index is 4.76. The first-order chi connectivity index (χ1) is 8.18. The maximum atomic E-state index is 4.76. The van der Waals surface area contributed by atoms with E-state index in [0.29, 0.717) is 17.2 Å². The molecule has 1 aromatic heterocycles. The van der Waals surface area contributed by atoms with E-state index in [2.05, 4.69) is 35.9 Å². The normalized spacial score (nSPS) is 20.7. The van der Waals surface area contributed by atoms with Crippen LogP contribution >= 0.6 is 12.6 Å². The highest BCUT2D eigenvalue weighted by Gasteiger charge is 2.26. The van der Waals surface area contributed by atoms with Crippen LogP contribution in [0.4, 0.5) is 0 Å². The molecule has 1 atom stereocenters. The van der Waals surface area contributed by atoms with Crippen molar-refractivity contribution in [3.8, 4) is 0 Å². The van der Waals surface area contributed by atoms with Crippen molar-refractivity contribution in [2.45, 2.75) is 38.0 Å². The maximum Gasteiger partial charge on any atom is 0.0533 e. The molecule has 1 aliphatic rings. The predicted molar refractivity (Wildman–Crippen MR) is 75.4 cm³/mol. The molecule has 1 saturated heterocycles. The highest BCUT2D eigenvalue weighted by Crippen LogP contribution is 2.34. The SMILES string of the molecule is CC(C)N1CCC(C(S)c2ccccn2)CC1. The van der Waals surface area contributed by atoms with E-state index in [4.69, 9.17) is 12.6 Å². The van der Waals surface area contributed by atoms with Crippen LogP contribution < -0.4 is 0 Å².